The fraction of sp³-hybridized carbons (Fsp3) is 0.394. The topological polar surface area (TPSA) is 77.1 Å². The number of ether oxygens (including phenoxy) is 3. The van der Waals surface area contributed by atoms with Gasteiger partial charge in [-0.15, -0.1) is 0 Å². The molecule has 1 aliphatic heterocycles. The number of carbonyl (C=O) groups excluding carboxylic acids is 2. The van der Waals surface area contributed by atoms with Crippen molar-refractivity contribution in [2.24, 2.45) is 5.41 Å². The summed E-state index contributed by atoms with van der Waals surface area (Å²) < 4.78 is 30.3. The molecule has 0 radical (unpaired) electrons. The molecular formula is C33H39FN2O5. The van der Waals surface area contributed by atoms with Crippen molar-refractivity contribution in [3.63, 3.8) is 0 Å². The molecule has 218 valence electrons. The Balaban J connectivity index is 1.43. The fourth-order valence-electron chi connectivity index (χ4n) is 5.38. The van der Waals surface area contributed by atoms with Crippen LogP contribution in [0.15, 0.2) is 60.7 Å². The van der Waals surface area contributed by atoms with E-state index in [4.69, 9.17) is 14.2 Å². The highest BCUT2D eigenvalue weighted by atomic mass is 19.1. The zero-order valence-corrected chi connectivity index (χ0v) is 24.3. The van der Waals surface area contributed by atoms with Crippen molar-refractivity contribution in [2.45, 2.75) is 46.6 Å². The van der Waals surface area contributed by atoms with Crippen molar-refractivity contribution < 1.29 is 28.2 Å². The Labute approximate surface area is 241 Å². The fourth-order valence-corrected chi connectivity index (χ4v) is 5.38. The third-order valence-corrected chi connectivity index (χ3v) is 7.69. The SMILES string of the molecule is CCOc1cc(CNCCC2(CC)CC(=O)N(c3ccc(C(=O)OC)cc3)C2)cc(OCC)c1-c1ccc(F)cc1. The molecule has 1 unspecified atom stereocenters. The molecular weight excluding hydrogens is 523 g/mol. The van der Waals surface area contributed by atoms with Gasteiger partial charge in [0.05, 0.1) is 31.5 Å². The summed E-state index contributed by atoms with van der Waals surface area (Å²) in [4.78, 5) is 26.6. The summed E-state index contributed by atoms with van der Waals surface area (Å²) in [6.45, 7) is 8.97. The van der Waals surface area contributed by atoms with Gasteiger partial charge in [-0.2, -0.15) is 0 Å². The Bertz CT molecular complexity index is 1320. The third-order valence-electron chi connectivity index (χ3n) is 7.69. The number of nitrogens with zero attached hydrogens (tertiary/aromatic N) is 1. The van der Waals surface area contributed by atoms with Crippen LogP contribution in [-0.2, 0) is 16.1 Å². The monoisotopic (exact) mass is 562 g/mol. The average molecular weight is 563 g/mol. The summed E-state index contributed by atoms with van der Waals surface area (Å²) in [5.41, 5.74) is 3.77. The number of esters is 1. The lowest BCUT2D eigenvalue weighted by atomic mass is 9.81. The summed E-state index contributed by atoms with van der Waals surface area (Å²) in [6, 6.07) is 17.3. The van der Waals surface area contributed by atoms with Crippen molar-refractivity contribution in [3.8, 4) is 22.6 Å². The van der Waals surface area contributed by atoms with E-state index in [1.54, 1.807) is 36.4 Å². The van der Waals surface area contributed by atoms with Crippen LogP contribution in [0.1, 0.15) is 56.0 Å². The summed E-state index contributed by atoms with van der Waals surface area (Å²) in [6.07, 6.45) is 2.21. The van der Waals surface area contributed by atoms with Crippen molar-refractivity contribution in [3.05, 3.63) is 77.6 Å². The van der Waals surface area contributed by atoms with Gasteiger partial charge in [0, 0.05) is 25.2 Å². The van der Waals surface area contributed by atoms with Crippen LogP contribution in [0.25, 0.3) is 11.1 Å². The first-order valence-corrected chi connectivity index (χ1v) is 14.2. The molecule has 0 spiro atoms. The normalized spacial score (nSPS) is 16.6. The standard InChI is InChI=1S/C33H39FN2O5/c1-5-33(20-30(37)36(22-33)27-14-10-25(11-15-27)32(38)39-4)16-17-35-21-23-18-28(40-6-2)31(29(19-23)41-7-3)24-8-12-26(34)13-9-24/h8-15,18-19,35H,5-7,16-17,20-22H2,1-4H3. The van der Waals surface area contributed by atoms with Gasteiger partial charge in [0.25, 0.3) is 0 Å². The molecule has 8 heteroatoms. The van der Waals surface area contributed by atoms with Crippen LogP contribution in [0, 0.1) is 11.2 Å². The van der Waals surface area contributed by atoms with Crippen LogP contribution < -0.4 is 19.7 Å². The van der Waals surface area contributed by atoms with E-state index in [-0.39, 0.29) is 17.1 Å². The highest BCUT2D eigenvalue weighted by molar-refractivity contribution is 5.97. The molecule has 1 N–H and O–H groups in total. The molecule has 0 aliphatic carbocycles. The second-order valence-corrected chi connectivity index (χ2v) is 10.3. The predicted molar refractivity (Wildman–Crippen MR) is 158 cm³/mol. The molecule has 41 heavy (non-hydrogen) atoms. The minimum atomic E-state index is -0.398. The van der Waals surface area contributed by atoms with E-state index in [9.17, 15) is 14.0 Å². The third kappa shape index (κ3) is 7.06. The molecule has 1 atom stereocenters. The van der Waals surface area contributed by atoms with Gasteiger partial charge in [-0.25, -0.2) is 9.18 Å². The van der Waals surface area contributed by atoms with Crippen molar-refractivity contribution in [1.29, 1.82) is 0 Å². The number of amides is 1. The first kappa shape index (κ1) is 30.1. The molecule has 1 saturated heterocycles. The Morgan fingerprint density at radius 3 is 2.17 bits per heavy atom. The Morgan fingerprint density at radius 2 is 1.61 bits per heavy atom. The molecule has 7 nitrogen and oxygen atoms in total. The Morgan fingerprint density at radius 1 is 0.976 bits per heavy atom. The van der Waals surface area contributed by atoms with Crippen LogP contribution >= 0.6 is 0 Å². The van der Waals surface area contributed by atoms with Gasteiger partial charge in [0.1, 0.15) is 17.3 Å². The van der Waals surface area contributed by atoms with Gasteiger partial charge in [0.15, 0.2) is 0 Å². The van der Waals surface area contributed by atoms with E-state index in [0.29, 0.717) is 49.8 Å². The summed E-state index contributed by atoms with van der Waals surface area (Å²) in [7, 11) is 1.35. The second kappa shape index (κ2) is 13.6. The molecule has 3 aromatic rings. The Kier molecular flexibility index (Phi) is 10.00. The predicted octanol–water partition coefficient (Wildman–Crippen LogP) is 6.39. The zero-order chi connectivity index (χ0) is 29.4. The van der Waals surface area contributed by atoms with Crippen molar-refractivity contribution in [1.82, 2.24) is 5.32 Å². The van der Waals surface area contributed by atoms with Crippen LogP contribution in [0.2, 0.25) is 0 Å². The quantitative estimate of drug-likeness (QED) is 0.192. The second-order valence-electron chi connectivity index (χ2n) is 10.3. The van der Waals surface area contributed by atoms with E-state index in [1.165, 1.54) is 19.2 Å². The van der Waals surface area contributed by atoms with Gasteiger partial charge < -0.3 is 24.4 Å². The number of hydrogen-bond donors (Lipinski definition) is 1. The highest BCUT2D eigenvalue weighted by Crippen LogP contribution is 2.41. The number of halogens is 1. The molecule has 4 rings (SSSR count). The van der Waals surface area contributed by atoms with Crippen LogP contribution in [0.4, 0.5) is 10.1 Å². The number of nitrogens with one attached hydrogen (secondary N) is 1. The summed E-state index contributed by atoms with van der Waals surface area (Å²) >= 11 is 0. The van der Waals surface area contributed by atoms with Crippen LogP contribution in [0.5, 0.6) is 11.5 Å². The van der Waals surface area contributed by atoms with Gasteiger partial charge in [-0.05, 0) is 98.3 Å². The number of carbonyl (C=O) groups is 2. The summed E-state index contributed by atoms with van der Waals surface area (Å²) in [5.74, 6) is 0.796. The molecule has 1 amide bonds. The molecule has 3 aromatic carbocycles. The molecule has 1 heterocycles. The first-order valence-electron chi connectivity index (χ1n) is 14.2. The number of rotatable bonds is 13. The van der Waals surface area contributed by atoms with E-state index < -0.39 is 5.97 Å². The van der Waals surface area contributed by atoms with Gasteiger partial charge in [0.2, 0.25) is 5.91 Å². The number of hydrogen-bond acceptors (Lipinski definition) is 6. The largest absolute Gasteiger partial charge is 0.493 e. The first-order chi connectivity index (χ1) is 19.8. The van der Waals surface area contributed by atoms with Gasteiger partial charge in [-0.3, -0.25) is 4.79 Å². The molecule has 0 saturated carbocycles. The maximum absolute atomic E-state index is 13.6. The van der Waals surface area contributed by atoms with E-state index in [1.807, 2.05) is 30.9 Å². The zero-order valence-electron chi connectivity index (χ0n) is 24.3. The minimum Gasteiger partial charge on any atom is -0.493 e. The molecule has 0 bridgehead atoms. The van der Waals surface area contributed by atoms with E-state index in [2.05, 4.69) is 12.2 Å². The summed E-state index contributed by atoms with van der Waals surface area (Å²) in [5, 5.41) is 3.55. The van der Waals surface area contributed by atoms with Gasteiger partial charge in [-0.1, -0.05) is 19.1 Å². The van der Waals surface area contributed by atoms with Crippen molar-refractivity contribution in [2.75, 3.05) is 38.3 Å². The lowest BCUT2D eigenvalue weighted by Gasteiger charge is -2.28. The average Bonchev–Trinajstić information content (AvgIpc) is 3.32. The van der Waals surface area contributed by atoms with Crippen LogP contribution in [-0.4, -0.2) is 45.3 Å². The minimum absolute atomic E-state index is 0.0942. The lowest BCUT2D eigenvalue weighted by Crippen LogP contribution is -2.31. The maximum Gasteiger partial charge on any atom is 0.337 e. The smallest absolute Gasteiger partial charge is 0.337 e. The highest BCUT2D eigenvalue weighted by Gasteiger charge is 2.42. The van der Waals surface area contributed by atoms with Crippen molar-refractivity contribution >= 4 is 17.6 Å². The molecule has 0 aromatic heterocycles. The lowest BCUT2D eigenvalue weighted by molar-refractivity contribution is -0.117. The van der Waals surface area contributed by atoms with E-state index >= 15 is 0 Å². The maximum atomic E-state index is 13.6. The number of benzene rings is 3. The molecule has 1 fully saturated rings. The van der Waals surface area contributed by atoms with Gasteiger partial charge >= 0.3 is 5.97 Å². The molecule has 1 aliphatic rings. The van der Waals surface area contributed by atoms with Crippen LogP contribution in [0.3, 0.4) is 0 Å². The number of methoxy groups -OCH3 is 1. The Hall–Kier alpha value is -3.91. The van der Waals surface area contributed by atoms with E-state index in [0.717, 1.165) is 41.8 Å². The number of anilines is 1.